The number of rotatable bonds is 3. The second-order valence-electron chi connectivity index (χ2n) is 8.88. The molecule has 26 heavy (non-hydrogen) atoms. The molecule has 0 radical (unpaired) electrons. The maximum Gasteiger partial charge on any atom is 0.246 e. The second kappa shape index (κ2) is 7.03. The Balaban J connectivity index is 1.78. The van der Waals surface area contributed by atoms with Gasteiger partial charge in [-0.2, -0.15) is 0 Å². The molecule has 1 fully saturated rings. The van der Waals surface area contributed by atoms with Crippen molar-refractivity contribution in [2.24, 2.45) is 10.8 Å². The zero-order valence-corrected chi connectivity index (χ0v) is 16.8. The molecule has 1 amide bonds. The van der Waals surface area contributed by atoms with Gasteiger partial charge in [0.2, 0.25) is 5.91 Å². The maximum atomic E-state index is 12.7. The summed E-state index contributed by atoms with van der Waals surface area (Å²) < 4.78 is 0. The van der Waals surface area contributed by atoms with Crippen molar-refractivity contribution in [2.75, 3.05) is 27.2 Å². The predicted molar refractivity (Wildman–Crippen MR) is 109 cm³/mol. The molecule has 1 aliphatic heterocycles. The van der Waals surface area contributed by atoms with Crippen LogP contribution in [-0.4, -0.2) is 48.9 Å². The van der Waals surface area contributed by atoms with Gasteiger partial charge in [-0.1, -0.05) is 62.8 Å². The Kier molecular flexibility index (Phi) is 5.12. The Morgan fingerprint density at radius 2 is 1.88 bits per heavy atom. The highest BCUT2D eigenvalue weighted by Crippen LogP contribution is 2.53. The second-order valence-corrected chi connectivity index (χ2v) is 8.88. The standard InChI is InChI=1S/C23H32N2O/c1-22(2)19-14-16-25(17-23(19,3)15-13-20(22)24(4)5)21(26)12-11-18-9-7-6-8-10-18/h6-12,14,20H,13,15-17H2,1-5H3/b12-11+/t20-,23+/m0/s1. The molecule has 1 aromatic carbocycles. The van der Waals surface area contributed by atoms with Crippen LogP contribution in [0.4, 0.5) is 0 Å². The van der Waals surface area contributed by atoms with Crippen molar-refractivity contribution in [3.63, 3.8) is 0 Å². The summed E-state index contributed by atoms with van der Waals surface area (Å²) in [6.07, 6.45) is 8.27. The summed E-state index contributed by atoms with van der Waals surface area (Å²) in [5.41, 5.74) is 2.83. The fourth-order valence-corrected chi connectivity index (χ4v) is 5.18. The predicted octanol–water partition coefficient (Wildman–Crippen LogP) is 4.22. The minimum Gasteiger partial charge on any atom is -0.335 e. The van der Waals surface area contributed by atoms with Crippen molar-refractivity contribution in [3.05, 3.63) is 53.6 Å². The quantitative estimate of drug-likeness (QED) is 0.600. The van der Waals surface area contributed by atoms with E-state index in [1.54, 1.807) is 6.08 Å². The number of carbonyl (C=O) groups is 1. The highest BCUT2D eigenvalue weighted by Gasteiger charge is 2.49. The summed E-state index contributed by atoms with van der Waals surface area (Å²) in [5.74, 6) is 0.109. The van der Waals surface area contributed by atoms with Crippen LogP contribution in [0, 0.1) is 10.8 Å². The van der Waals surface area contributed by atoms with Crippen LogP contribution < -0.4 is 0 Å². The van der Waals surface area contributed by atoms with E-state index in [1.807, 2.05) is 41.3 Å². The van der Waals surface area contributed by atoms with Gasteiger partial charge in [0.15, 0.2) is 0 Å². The van der Waals surface area contributed by atoms with Crippen molar-refractivity contribution >= 4 is 12.0 Å². The number of nitrogens with zero attached hydrogens (tertiary/aromatic N) is 2. The Labute approximate surface area is 158 Å². The van der Waals surface area contributed by atoms with Gasteiger partial charge in [-0.25, -0.2) is 0 Å². The fourth-order valence-electron chi connectivity index (χ4n) is 5.18. The van der Waals surface area contributed by atoms with Crippen LogP contribution in [0.5, 0.6) is 0 Å². The van der Waals surface area contributed by atoms with Crippen LogP contribution in [0.25, 0.3) is 6.08 Å². The van der Waals surface area contributed by atoms with E-state index in [0.717, 1.165) is 18.5 Å². The van der Waals surface area contributed by atoms with Crippen molar-refractivity contribution in [2.45, 2.75) is 39.7 Å². The molecule has 3 nitrogen and oxygen atoms in total. The van der Waals surface area contributed by atoms with E-state index in [0.29, 0.717) is 12.6 Å². The molecule has 2 atom stereocenters. The lowest BCUT2D eigenvalue weighted by Gasteiger charge is -2.55. The third-order valence-corrected chi connectivity index (χ3v) is 6.36. The van der Waals surface area contributed by atoms with Crippen LogP contribution in [0.2, 0.25) is 0 Å². The van der Waals surface area contributed by atoms with Gasteiger partial charge in [-0.15, -0.1) is 0 Å². The first-order valence-corrected chi connectivity index (χ1v) is 9.64. The van der Waals surface area contributed by atoms with Crippen LogP contribution in [0.3, 0.4) is 0 Å². The summed E-state index contributed by atoms with van der Waals surface area (Å²) in [6.45, 7) is 8.61. The van der Waals surface area contributed by atoms with E-state index >= 15 is 0 Å². The van der Waals surface area contributed by atoms with Gasteiger partial charge in [0.1, 0.15) is 0 Å². The van der Waals surface area contributed by atoms with E-state index in [9.17, 15) is 4.79 Å². The molecule has 0 saturated heterocycles. The lowest BCUT2D eigenvalue weighted by molar-refractivity contribution is -0.127. The molecule has 0 unspecified atom stereocenters. The number of hydrogen-bond acceptors (Lipinski definition) is 2. The first-order valence-electron chi connectivity index (χ1n) is 9.64. The van der Waals surface area contributed by atoms with Crippen molar-refractivity contribution in [1.82, 2.24) is 9.80 Å². The molecule has 3 heteroatoms. The molecule has 1 aliphatic carbocycles. The SMILES string of the molecule is CN(C)[C@H]1CC[C@]2(C)CN(C(=O)/C=C/c3ccccc3)CC=C2C1(C)C. The van der Waals surface area contributed by atoms with Gasteiger partial charge in [0.25, 0.3) is 0 Å². The zero-order chi connectivity index (χ0) is 18.9. The Morgan fingerprint density at radius 3 is 2.54 bits per heavy atom. The van der Waals surface area contributed by atoms with E-state index in [4.69, 9.17) is 0 Å². The average molecular weight is 353 g/mol. The van der Waals surface area contributed by atoms with Crippen LogP contribution in [-0.2, 0) is 4.79 Å². The highest BCUT2D eigenvalue weighted by atomic mass is 16.2. The topological polar surface area (TPSA) is 23.6 Å². The van der Waals surface area contributed by atoms with Gasteiger partial charge in [-0.3, -0.25) is 4.79 Å². The largest absolute Gasteiger partial charge is 0.335 e. The lowest BCUT2D eigenvalue weighted by atomic mass is 9.57. The molecular formula is C23H32N2O. The first kappa shape index (κ1) is 18.9. The molecule has 0 bridgehead atoms. The molecule has 0 aromatic heterocycles. The summed E-state index contributed by atoms with van der Waals surface area (Å²) in [6, 6.07) is 10.6. The van der Waals surface area contributed by atoms with Crippen LogP contribution in [0.15, 0.2) is 48.1 Å². The molecule has 1 aromatic rings. The number of carbonyl (C=O) groups excluding carboxylic acids is 1. The Hall–Kier alpha value is -1.87. The van der Waals surface area contributed by atoms with Gasteiger partial charge < -0.3 is 9.80 Å². The molecule has 2 aliphatic rings. The highest BCUT2D eigenvalue weighted by molar-refractivity contribution is 5.92. The van der Waals surface area contributed by atoms with E-state index in [2.05, 4.69) is 45.8 Å². The third kappa shape index (κ3) is 3.50. The summed E-state index contributed by atoms with van der Waals surface area (Å²) >= 11 is 0. The molecular weight excluding hydrogens is 320 g/mol. The Bertz CT molecular complexity index is 717. The van der Waals surface area contributed by atoms with Crippen molar-refractivity contribution in [3.8, 4) is 0 Å². The maximum absolute atomic E-state index is 12.7. The fraction of sp³-hybridized carbons (Fsp3) is 0.522. The smallest absolute Gasteiger partial charge is 0.246 e. The summed E-state index contributed by atoms with van der Waals surface area (Å²) in [5, 5.41) is 0. The number of amides is 1. The number of fused-ring (bicyclic) bond motifs is 1. The van der Waals surface area contributed by atoms with Gasteiger partial charge in [-0.05, 0) is 38.6 Å². The van der Waals surface area contributed by atoms with Crippen molar-refractivity contribution in [1.29, 1.82) is 0 Å². The van der Waals surface area contributed by atoms with Crippen LogP contribution in [0.1, 0.15) is 39.2 Å². The summed E-state index contributed by atoms with van der Waals surface area (Å²) in [7, 11) is 4.37. The van der Waals surface area contributed by atoms with Crippen LogP contribution >= 0.6 is 0 Å². The zero-order valence-electron chi connectivity index (χ0n) is 16.8. The monoisotopic (exact) mass is 352 g/mol. The van der Waals surface area contributed by atoms with Gasteiger partial charge in [0, 0.05) is 36.0 Å². The molecule has 0 spiro atoms. The minimum atomic E-state index is 0.0878. The van der Waals surface area contributed by atoms with Gasteiger partial charge in [0.05, 0.1) is 0 Å². The third-order valence-electron chi connectivity index (χ3n) is 6.36. The molecule has 140 valence electrons. The van der Waals surface area contributed by atoms with Crippen molar-refractivity contribution < 1.29 is 4.79 Å². The minimum absolute atomic E-state index is 0.0878. The van der Waals surface area contributed by atoms with Gasteiger partial charge >= 0.3 is 0 Å². The summed E-state index contributed by atoms with van der Waals surface area (Å²) in [4.78, 5) is 17.1. The Morgan fingerprint density at radius 1 is 1.19 bits per heavy atom. The van der Waals surface area contributed by atoms with E-state index in [-0.39, 0.29) is 16.7 Å². The molecule has 3 rings (SSSR count). The lowest BCUT2D eigenvalue weighted by Crippen LogP contribution is -2.55. The molecule has 1 heterocycles. The number of benzene rings is 1. The molecule has 0 N–H and O–H groups in total. The molecule has 1 saturated carbocycles. The first-order chi connectivity index (χ1) is 12.2. The van der Waals surface area contributed by atoms with E-state index < -0.39 is 0 Å². The normalized spacial score (nSPS) is 28.2. The average Bonchev–Trinajstić information content (AvgIpc) is 2.59. The van der Waals surface area contributed by atoms with E-state index in [1.165, 1.54) is 12.0 Å². The number of hydrogen-bond donors (Lipinski definition) is 0.